The molecule has 0 heterocycles. The summed E-state index contributed by atoms with van der Waals surface area (Å²) in [5, 5.41) is 11.5. The van der Waals surface area contributed by atoms with Gasteiger partial charge in [0, 0.05) is 0 Å². The van der Waals surface area contributed by atoms with Crippen LogP contribution in [0.15, 0.2) is 40.9 Å². The zero-order valence-corrected chi connectivity index (χ0v) is 12.3. The topological polar surface area (TPSA) is 52.9 Å². The van der Waals surface area contributed by atoms with Crippen LogP contribution in [0.2, 0.25) is 5.02 Å². The number of hydrogen-bond donors (Lipinski definition) is 1. The van der Waals surface area contributed by atoms with Gasteiger partial charge in [-0.05, 0) is 46.3 Å². The number of anilines is 1. The molecule has 0 spiro atoms. The fourth-order valence-electron chi connectivity index (χ4n) is 1.55. The Morgan fingerprint density at radius 3 is 2.75 bits per heavy atom. The summed E-state index contributed by atoms with van der Waals surface area (Å²) in [6.07, 6.45) is 0. The Hall–Kier alpha value is -1.90. The van der Waals surface area contributed by atoms with Crippen molar-refractivity contribution in [2.75, 3.05) is 5.32 Å². The number of nitrogens with one attached hydrogen (secondary N) is 1. The lowest BCUT2D eigenvalue weighted by Crippen LogP contribution is -2.13. The van der Waals surface area contributed by atoms with Crippen molar-refractivity contribution in [2.45, 2.75) is 0 Å². The van der Waals surface area contributed by atoms with Gasteiger partial charge in [0.2, 0.25) is 0 Å². The number of carbonyl (C=O) groups is 1. The summed E-state index contributed by atoms with van der Waals surface area (Å²) in [7, 11) is 0. The Labute approximate surface area is 128 Å². The van der Waals surface area contributed by atoms with Crippen LogP contribution in [-0.4, -0.2) is 5.91 Å². The number of carbonyl (C=O) groups excluding carboxylic acids is 1. The average molecular weight is 354 g/mol. The molecule has 1 N–H and O–H groups in total. The van der Waals surface area contributed by atoms with Crippen LogP contribution in [0.4, 0.5) is 10.1 Å². The SMILES string of the molecule is N#Cc1ccc(NC(=O)c2cccc(F)c2Br)c(Cl)c1. The zero-order chi connectivity index (χ0) is 14.7. The van der Waals surface area contributed by atoms with Gasteiger partial charge in [-0.15, -0.1) is 0 Å². The molecular weight excluding hydrogens is 347 g/mol. The molecule has 0 atom stereocenters. The van der Waals surface area contributed by atoms with E-state index in [1.807, 2.05) is 6.07 Å². The fraction of sp³-hybridized carbons (Fsp3) is 0. The maximum Gasteiger partial charge on any atom is 0.256 e. The molecule has 0 aromatic heterocycles. The monoisotopic (exact) mass is 352 g/mol. The molecule has 0 unspecified atom stereocenters. The van der Waals surface area contributed by atoms with Gasteiger partial charge in [0.05, 0.1) is 32.4 Å². The molecule has 2 aromatic rings. The normalized spacial score (nSPS) is 9.90. The van der Waals surface area contributed by atoms with E-state index >= 15 is 0 Å². The van der Waals surface area contributed by atoms with Crippen LogP contribution in [0.25, 0.3) is 0 Å². The number of hydrogen-bond acceptors (Lipinski definition) is 2. The Morgan fingerprint density at radius 2 is 2.10 bits per heavy atom. The van der Waals surface area contributed by atoms with Gasteiger partial charge < -0.3 is 5.32 Å². The van der Waals surface area contributed by atoms with Crippen LogP contribution in [0.1, 0.15) is 15.9 Å². The lowest BCUT2D eigenvalue weighted by molar-refractivity contribution is 0.102. The maximum atomic E-state index is 13.4. The van der Waals surface area contributed by atoms with Crippen molar-refractivity contribution in [3.05, 3.63) is 62.8 Å². The van der Waals surface area contributed by atoms with Crippen LogP contribution in [-0.2, 0) is 0 Å². The highest BCUT2D eigenvalue weighted by atomic mass is 79.9. The van der Waals surface area contributed by atoms with Crippen molar-refractivity contribution in [3.63, 3.8) is 0 Å². The molecule has 0 saturated carbocycles. The lowest BCUT2D eigenvalue weighted by atomic mass is 10.2. The lowest BCUT2D eigenvalue weighted by Gasteiger charge is -2.09. The third-order valence-corrected chi connectivity index (χ3v) is 3.66. The molecule has 0 radical (unpaired) electrons. The van der Waals surface area contributed by atoms with Crippen LogP contribution < -0.4 is 5.32 Å². The Morgan fingerprint density at radius 1 is 1.35 bits per heavy atom. The molecule has 100 valence electrons. The molecule has 3 nitrogen and oxygen atoms in total. The summed E-state index contributed by atoms with van der Waals surface area (Å²) in [5.74, 6) is -1.02. The summed E-state index contributed by atoms with van der Waals surface area (Å²) >= 11 is 8.98. The summed E-state index contributed by atoms with van der Waals surface area (Å²) < 4.78 is 13.5. The third-order valence-electron chi connectivity index (χ3n) is 2.54. The second kappa shape index (κ2) is 6.04. The van der Waals surface area contributed by atoms with Crippen molar-refractivity contribution in [1.29, 1.82) is 5.26 Å². The second-order valence-corrected chi connectivity index (χ2v) is 5.06. The van der Waals surface area contributed by atoms with E-state index in [4.69, 9.17) is 16.9 Å². The summed E-state index contributed by atoms with van der Waals surface area (Å²) in [6.45, 7) is 0. The number of halogens is 3. The van der Waals surface area contributed by atoms with E-state index in [1.165, 1.54) is 36.4 Å². The minimum atomic E-state index is -0.524. The maximum absolute atomic E-state index is 13.4. The van der Waals surface area contributed by atoms with Crippen molar-refractivity contribution >= 4 is 39.1 Å². The zero-order valence-electron chi connectivity index (χ0n) is 9.95. The smallest absolute Gasteiger partial charge is 0.256 e. The number of amides is 1. The Bertz CT molecular complexity index is 728. The van der Waals surface area contributed by atoms with Crippen molar-refractivity contribution in [3.8, 4) is 6.07 Å². The van der Waals surface area contributed by atoms with Gasteiger partial charge in [-0.1, -0.05) is 17.7 Å². The first kappa shape index (κ1) is 14.5. The summed E-state index contributed by atoms with van der Waals surface area (Å²) in [5.41, 5.74) is 0.900. The molecule has 6 heteroatoms. The third kappa shape index (κ3) is 2.98. The van der Waals surface area contributed by atoms with E-state index in [0.29, 0.717) is 11.3 Å². The van der Waals surface area contributed by atoms with Gasteiger partial charge in [0.1, 0.15) is 5.82 Å². The summed E-state index contributed by atoms with van der Waals surface area (Å²) in [6, 6.07) is 10.6. The van der Waals surface area contributed by atoms with E-state index in [1.54, 1.807) is 0 Å². The van der Waals surface area contributed by atoms with Gasteiger partial charge in [-0.2, -0.15) is 5.26 Å². The number of nitrogens with zero attached hydrogens (tertiary/aromatic N) is 1. The number of benzene rings is 2. The number of nitriles is 1. The Kier molecular flexibility index (Phi) is 4.38. The minimum absolute atomic E-state index is 0.0854. The Balaban J connectivity index is 2.29. The predicted molar refractivity (Wildman–Crippen MR) is 78.2 cm³/mol. The van der Waals surface area contributed by atoms with Gasteiger partial charge >= 0.3 is 0 Å². The average Bonchev–Trinajstić information content (AvgIpc) is 2.44. The first-order valence-electron chi connectivity index (χ1n) is 5.48. The fourth-order valence-corrected chi connectivity index (χ4v) is 2.23. The first-order chi connectivity index (χ1) is 9.52. The molecule has 1 amide bonds. The van der Waals surface area contributed by atoms with Gasteiger partial charge in [-0.3, -0.25) is 4.79 Å². The van der Waals surface area contributed by atoms with Crippen molar-refractivity contribution in [1.82, 2.24) is 0 Å². The molecule has 0 saturated heterocycles. The molecule has 0 bridgehead atoms. The van der Waals surface area contributed by atoms with Crippen LogP contribution >= 0.6 is 27.5 Å². The van der Waals surface area contributed by atoms with Crippen LogP contribution in [0, 0.1) is 17.1 Å². The molecule has 0 aliphatic heterocycles. The number of rotatable bonds is 2. The highest BCUT2D eigenvalue weighted by Crippen LogP contribution is 2.25. The largest absolute Gasteiger partial charge is 0.321 e. The quantitative estimate of drug-likeness (QED) is 0.872. The molecule has 0 fully saturated rings. The second-order valence-electron chi connectivity index (χ2n) is 3.86. The summed E-state index contributed by atoms with van der Waals surface area (Å²) in [4.78, 5) is 12.1. The molecule has 2 aromatic carbocycles. The molecule has 0 aliphatic carbocycles. The minimum Gasteiger partial charge on any atom is -0.321 e. The highest BCUT2D eigenvalue weighted by molar-refractivity contribution is 9.10. The first-order valence-corrected chi connectivity index (χ1v) is 6.65. The van der Waals surface area contributed by atoms with Crippen LogP contribution in [0.3, 0.4) is 0 Å². The van der Waals surface area contributed by atoms with Crippen molar-refractivity contribution < 1.29 is 9.18 Å². The molecule has 20 heavy (non-hydrogen) atoms. The van der Waals surface area contributed by atoms with E-state index in [2.05, 4.69) is 21.2 Å². The van der Waals surface area contributed by atoms with E-state index in [9.17, 15) is 9.18 Å². The molecular formula is C14H7BrClFN2O. The van der Waals surface area contributed by atoms with Crippen LogP contribution in [0.5, 0.6) is 0 Å². The van der Waals surface area contributed by atoms with Gasteiger partial charge in [-0.25, -0.2) is 4.39 Å². The standard InChI is InChI=1S/C14H7BrClFN2O/c15-13-9(2-1-3-11(13)17)14(20)19-12-5-4-8(7-18)6-10(12)16/h1-6H,(H,19,20). The molecule has 0 aliphatic rings. The van der Waals surface area contributed by atoms with E-state index < -0.39 is 11.7 Å². The van der Waals surface area contributed by atoms with Gasteiger partial charge in [0.25, 0.3) is 5.91 Å². The van der Waals surface area contributed by atoms with Gasteiger partial charge in [0.15, 0.2) is 0 Å². The van der Waals surface area contributed by atoms with E-state index in [0.717, 1.165) is 0 Å². The van der Waals surface area contributed by atoms with Crippen molar-refractivity contribution in [2.24, 2.45) is 0 Å². The predicted octanol–water partition coefficient (Wildman–Crippen LogP) is 4.37. The highest BCUT2D eigenvalue weighted by Gasteiger charge is 2.14. The van der Waals surface area contributed by atoms with E-state index in [-0.39, 0.29) is 15.1 Å². The molecule has 2 rings (SSSR count).